The van der Waals surface area contributed by atoms with Gasteiger partial charge in [0.15, 0.2) is 0 Å². The number of aryl methyl sites for hydroxylation is 1. The number of nitrogens with zero attached hydrogens (tertiary/aromatic N) is 2. The zero-order chi connectivity index (χ0) is 8.97. The van der Waals surface area contributed by atoms with Crippen LogP contribution in [0.2, 0.25) is 0 Å². The number of rotatable bonds is 3. The van der Waals surface area contributed by atoms with E-state index in [1.807, 2.05) is 0 Å². The molecule has 0 aliphatic heterocycles. The van der Waals surface area contributed by atoms with Crippen LogP contribution in [0.15, 0.2) is 6.20 Å². The third-order valence-corrected chi connectivity index (χ3v) is 1.85. The minimum Gasteiger partial charge on any atom is -0.383 e. The third-order valence-electron chi connectivity index (χ3n) is 1.57. The van der Waals surface area contributed by atoms with Crippen LogP contribution >= 0.6 is 24.0 Å². The molecule has 0 aromatic carbocycles. The van der Waals surface area contributed by atoms with Gasteiger partial charge in [-0.2, -0.15) is 0 Å². The smallest absolute Gasteiger partial charge is 0.131 e. The summed E-state index contributed by atoms with van der Waals surface area (Å²) in [5.74, 6) is 1.67. The van der Waals surface area contributed by atoms with Crippen molar-refractivity contribution in [3.05, 3.63) is 17.6 Å². The molecule has 1 aromatic heterocycles. The first kappa shape index (κ1) is 12.5. The summed E-state index contributed by atoms with van der Waals surface area (Å²) in [5.41, 5.74) is 6.43. The van der Waals surface area contributed by atoms with E-state index in [9.17, 15) is 0 Å². The minimum absolute atomic E-state index is 0. The lowest BCUT2D eigenvalue weighted by atomic mass is 10.3. The number of alkyl halides is 1. The summed E-state index contributed by atoms with van der Waals surface area (Å²) in [5, 5.41) is 0. The predicted octanol–water partition coefficient (Wildman–Crippen LogP) is 2.17. The van der Waals surface area contributed by atoms with Crippen molar-refractivity contribution in [2.75, 3.05) is 5.73 Å². The van der Waals surface area contributed by atoms with E-state index in [0.29, 0.717) is 11.7 Å². The maximum atomic E-state index is 5.63. The standard InChI is InChI=1S/C8H12ClN3.ClH/c1-2-3-7-11-5-6(4-9)8(10)12-7;/h5H,2-4H2,1H3,(H2,10,11,12);1H. The van der Waals surface area contributed by atoms with Crippen LogP contribution in [0, 0.1) is 0 Å². The molecular weight excluding hydrogens is 209 g/mol. The lowest BCUT2D eigenvalue weighted by Gasteiger charge is -2.02. The molecule has 0 amide bonds. The van der Waals surface area contributed by atoms with Gasteiger partial charge in [-0.1, -0.05) is 6.92 Å². The summed E-state index contributed by atoms with van der Waals surface area (Å²) in [4.78, 5) is 8.24. The molecule has 3 nitrogen and oxygen atoms in total. The molecule has 0 saturated heterocycles. The second-order valence-corrected chi connectivity index (χ2v) is 2.85. The van der Waals surface area contributed by atoms with E-state index in [0.717, 1.165) is 24.2 Å². The van der Waals surface area contributed by atoms with Gasteiger partial charge in [0.25, 0.3) is 0 Å². The van der Waals surface area contributed by atoms with Gasteiger partial charge in [0.1, 0.15) is 11.6 Å². The zero-order valence-corrected chi connectivity index (χ0v) is 9.03. The Kier molecular flexibility index (Phi) is 5.75. The van der Waals surface area contributed by atoms with Crippen LogP contribution in [0.25, 0.3) is 0 Å². The van der Waals surface area contributed by atoms with E-state index in [4.69, 9.17) is 17.3 Å². The van der Waals surface area contributed by atoms with Crippen LogP contribution < -0.4 is 5.73 Å². The van der Waals surface area contributed by atoms with Gasteiger partial charge in [0.05, 0.1) is 5.88 Å². The Morgan fingerprint density at radius 1 is 1.54 bits per heavy atom. The summed E-state index contributed by atoms with van der Waals surface area (Å²) in [6.07, 6.45) is 3.59. The second-order valence-electron chi connectivity index (χ2n) is 2.58. The number of hydrogen-bond donors (Lipinski definition) is 1. The van der Waals surface area contributed by atoms with Crippen LogP contribution in [-0.4, -0.2) is 9.97 Å². The van der Waals surface area contributed by atoms with Gasteiger partial charge in [-0.15, -0.1) is 24.0 Å². The molecule has 1 heterocycles. The summed E-state index contributed by atoms with van der Waals surface area (Å²) >= 11 is 5.60. The molecule has 0 unspecified atom stereocenters. The van der Waals surface area contributed by atoms with E-state index < -0.39 is 0 Å². The first-order valence-electron chi connectivity index (χ1n) is 3.94. The van der Waals surface area contributed by atoms with E-state index >= 15 is 0 Å². The first-order valence-corrected chi connectivity index (χ1v) is 4.47. The van der Waals surface area contributed by atoms with Crippen molar-refractivity contribution in [3.8, 4) is 0 Å². The Hall–Kier alpha value is -0.540. The number of aromatic nitrogens is 2. The highest BCUT2D eigenvalue weighted by atomic mass is 35.5. The summed E-state index contributed by atoms with van der Waals surface area (Å²) < 4.78 is 0. The largest absolute Gasteiger partial charge is 0.383 e. The zero-order valence-electron chi connectivity index (χ0n) is 7.46. The van der Waals surface area contributed by atoms with Crippen molar-refractivity contribution >= 4 is 29.8 Å². The number of hydrogen-bond acceptors (Lipinski definition) is 3. The number of nitrogen functional groups attached to an aromatic ring is 1. The highest BCUT2D eigenvalue weighted by molar-refractivity contribution is 6.17. The van der Waals surface area contributed by atoms with Crippen molar-refractivity contribution < 1.29 is 0 Å². The fourth-order valence-electron chi connectivity index (χ4n) is 0.905. The van der Waals surface area contributed by atoms with Crippen LogP contribution in [0.4, 0.5) is 5.82 Å². The van der Waals surface area contributed by atoms with Gasteiger partial charge in [-0.05, 0) is 6.42 Å². The minimum atomic E-state index is 0. The quantitative estimate of drug-likeness (QED) is 0.797. The molecule has 74 valence electrons. The van der Waals surface area contributed by atoms with E-state index in [-0.39, 0.29) is 12.4 Å². The van der Waals surface area contributed by atoms with Crippen LogP contribution in [0.5, 0.6) is 0 Å². The summed E-state index contributed by atoms with van der Waals surface area (Å²) in [6.45, 7) is 2.08. The van der Waals surface area contributed by atoms with Crippen molar-refractivity contribution in [2.45, 2.75) is 25.6 Å². The molecule has 0 spiro atoms. The van der Waals surface area contributed by atoms with Crippen LogP contribution in [-0.2, 0) is 12.3 Å². The topological polar surface area (TPSA) is 51.8 Å². The monoisotopic (exact) mass is 221 g/mol. The Morgan fingerprint density at radius 2 is 2.23 bits per heavy atom. The Labute approximate surface area is 89.1 Å². The summed E-state index contributed by atoms with van der Waals surface area (Å²) in [7, 11) is 0. The van der Waals surface area contributed by atoms with E-state index in [1.165, 1.54) is 0 Å². The van der Waals surface area contributed by atoms with Crippen molar-refractivity contribution in [1.82, 2.24) is 9.97 Å². The molecule has 5 heteroatoms. The van der Waals surface area contributed by atoms with E-state index in [1.54, 1.807) is 6.20 Å². The molecular formula is C8H13Cl2N3. The van der Waals surface area contributed by atoms with Gasteiger partial charge in [0, 0.05) is 18.2 Å². The van der Waals surface area contributed by atoms with Crippen molar-refractivity contribution in [1.29, 1.82) is 0 Å². The van der Waals surface area contributed by atoms with Gasteiger partial charge >= 0.3 is 0 Å². The first-order chi connectivity index (χ1) is 5.77. The molecule has 0 aliphatic carbocycles. The fourth-order valence-corrected chi connectivity index (χ4v) is 1.11. The molecule has 13 heavy (non-hydrogen) atoms. The van der Waals surface area contributed by atoms with Crippen molar-refractivity contribution in [3.63, 3.8) is 0 Å². The third kappa shape index (κ3) is 3.36. The molecule has 1 aromatic rings. The van der Waals surface area contributed by atoms with E-state index in [2.05, 4.69) is 16.9 Å². The lowest BCUT2D eigenvalue weighted by Crippen LogP contribution is -2.02. The maximum absolute atomic E-state index is 5.63. The van der Waals surface area contributed by atoms with Gasteiger partial charge < -0.3 is 5.73 Å². The molecule has 2 N–H and O–H groups in total. The van der Waals surface area contributed by atoms with Gasteiger partial charge in [0.2, 0.25) is 0 Å². The average Bonchev–Trinajstić information content (AvgIpc) is 2.05. The lowest BCUT2D eigenvalue weighted by molar-refractivity contribution is 0.833. The highest BCUT2D eigenvalue weighted by Crippen LogP contribution is 2.10. The molecule has 0 atom stereocenters. The average molecular weight is 222 g/mol. The Morgan fingerprint density at radius 3 is 2.69 bits per heavy atom. The van der Waals surface area contributed by atoms with Gasteiger partial charge in [-0.3, -0.25) is 0 Å². The molecule has 0 radical (unpaired) electrons. The predicted molar refractivity (Wildman–Crippen MR) is 57.2 cm³/mol. The summed E-state index contributed by atoms with van der Waals surface area (Å²) in [6, 6.07) is 0. The highest BCUT2D eigenvalue weighted by Gasteiger charge is 2.01. The number of halogens is 2. The normalized spacial score (nSPS) is 9.38. The van der Waals surface area contributed by atoms with Crippen LogP contribution in [0.3, 0.4) is 0 Å². The number of anilines is 1. The van der Waals surface area contributed by atoms with Gasteiger partial charge in [-0.25, -0.2) is 9.97 Å². The van der Waals surface area contributed by atoms with Crippen LogP contribution in [0.1, 0.15) is 24.7 Å². The SMILES string of the molecule is CCCc1ncc(CCl)c(N)n1.Cl. The number of nitrogens with two attached hydrogens (primary N) is 1. The molecule has 0 aliphatic rings. The fraction of sp³-hybridized carbons (Fsp3) is 0.500. The molecule has 0 fully saturated rings. The Bertz CT molecular complexity index is 266. The second kappa shape index (κ2) is 6.00. The molecule has 0 bridgehead atoms. The Balaban J connectivity index is 0.00000144. The maximum Gasteiger partial charge on any atom is 0.131 e. The molecule has 1 rings (SSSR count). The van der Waals surface area contributed by atoms with Crippen molar-refractivity contribution in [2.24, 2.45) is 0 Å². The molecule has 0 saturated carbocycles.